The Kier molecular flexibility index (Phi) is 4.11. The van der Waals surface area contributed by atoms with Crippen LogP contribution in [0.15, 0.2) is 30.3 Å². The predicted octanol–water partition coefficient (Wildman–Crippen LogP) is 3.58. The minimum atomic E-state index is -0.518. The standard InChI is InChI=1S/C12H18O2/c1-3-10-12(4-2,14-13)11-8-6-5-7-9-11/h5-9,13H,3-4,10H2,1-2H3. The average Bonchev–Trinajstić information content (AvgIpc) is 2.27. The Labute approximate surface area is 85.5 Å². The SMILES string of the molecule is CCCC(CC)(OO)c1ccccc1. The zero-order valence-corrected chi connectivity index (χ0v) is 8.86. The van der Waals surface area contributed by atoms with Crippen molar-refractivity contribution in [3.63, 3.8) is 0 Å². The first-order chi connectivity index (χ1) is 6.79. The summed E-state index contributed by atoms with van der Waals surface area (Å²) in [5.74, 6) is 0. The van der Waals surface area contributed by atoms with Crippen LogP contribution in [0.2, 0.25) is 0 Å². The largest absolute Gasteiger partial charge is 0.251 e. The van der Waals surface area contributed by atoms with Crippen LogP contribution in [0.3, 0.4) is 0 Å². The number of hydrogen-bond donors (Lipinski definition) is 1. The van der Waals surface area contributed by atoms with Gasteiger partial charge in [0.2, 0.25) is 0 Å². The number of benzene rings is 1. The first-order valence-corrected chi connectivity index (χ1v) is 5.17. The maximum Gasteiger partial charge on any atom is 0.128 e. The van der Waals surface area contributed by atoms with Gasteiger partial charge >= 0.3 is 0 Å². The summed E-state index contributed by atoms with van der Waals surface area (Å²) in [4.78, 5) is 4.71. The van der Waals surface area contributed by atoms with Crippen molar-refractivity contribution in [1.29, 1.82) is 0 Å². The number of rotatable bonds is 5. The maximum atomic E-state index is 9.06. The monoisotopic (exact) mass is 194 g/mol. The topological polar surface area (TPSA) is 29.5 Å². The lowest BCUT2D eigenvalue weighted by Crippen LogP contribution is -2.27. The molecular formula is C12H18O2. The Balaban J connectivity index is 2.98. The molecule has 2 nitrogen and oxygen atoms in total. The molecule has 0 fully saturated rings. The lowest BCUT2D eigenvalue weighted by Gasteiger charge is -2.29. The molecule has 1 atom stereocenters. The molecule has 0 aliphatic heterocycles. The smallest absolute Gasteiger partial charge is 0.128 e. The van der Waals surface area contributed by atoms with Gasteiger partial charge in [0.25, 0.3) is 0 Å². The number of hydrogen-bond acceptors (Lipinski definition) is 2. The molecule has 0 spiro atoms. The second-order valence-corrected chi connectivity index (χ2v) is 3.56. The Morgan fingerprint density at radius 2 is 1.86 bits per heavy atom. The Hall–Kier alpha value is -0.860. The normalized spacial score (nSPS) is 15.1. The molecule has 0 aliphatic carbocycles. The molecule has 0 aromatic heterocycles. The summed E-state index contributed by atoms with van der Waals surface area (Å²) in [6, 6.07) is 9.89. The molecule has 0 amide bonds. The molecular weight excluding hydrogens is 176 g/mol. The quantitative estimate of drug-likeness (QED) is 0.573. The van der Waals surface area contributed by atoms with E-state index in [1.807, 2.05) is 37.3 Å². The van der Waals surface area contributed by atoms with Crippen molar-refractivity contribution in [2.45, 2.75) is 38.7 Å². The van der Waals surface area contributed by atoms with E-state index in [1.165, 1.54) is 0 Å². The molecule has 0 bridgehead atoms. The van der Waals surface area contributed by atoms with E-state index >= 15 is 0 Å². The van der Waals surface area contributed by atoms with E-state index in [1.54, 1.807) is 0 Å². The van der Waals surface area contributed by atoms with E-state index in [2.05, 4.69) is 6.92 Å². The highest BCUT2D eigenvalue weighted by Gasteiger charge is 2.30. The summed E-state index contributed by atoms with van der Waals surface area (Å²) in [5, 5.41) is 9.06. The molecule has 1 N–H and O–H groups in total. The molecule has 0 saturated carbocycles. The van der Waals surface area contributed by atoms with Gasteiger partial charge in [-0.3, -0.25) is 5.26 Å². The van der Waals surface area contributed by atoms with Gasteiger partial charge < -0.3 is 0 Å². The van der Waals surface area contributed by atoms with Crippen LogP contribution < -0.4 is 0 Å². The average molecular weight is 194 g/mol. The summed E-state index contributed by atoms with van der Waals surface area (Å²) in [6.07, 6.45) is 2.61. The summed E-state index contributed by atoms with van der Waals surface area (Å²) in [6.45, 7) is 4.12. The van der Waals surface area contributed by atoms with Crippen LogP contribution in [0.4, 0.5) is 0 Å². The minimum Gasteiger partial charge on any atom is -0.251 e. The molecule has 1 aromatic carbocycles. The van der Waals surface area contributed by atoms with Crippen molar-refractivity contribution >= 4 is 0 Å². The van der Waals surface area contributed by atoms with Gasteiger partial charge in [0, 0.05) is 0 Å². The van der Waals surface area contributed by atoms with Crippen LogP contribution >= 0.6 is 0 Å². The van der Waals surface area contributed by atoms with Crippen LogP contribution in [-0.4, -0.2) is 5.26 Å². The van der Waals surface area contributed by atoms with E-state index in [-0.39, 0.29) is 0 Å². The van der Waals surface area contributed by atoms with Crippen LogP contribution in [-0.2, 0) is 10.5 Å². The zero-order chi connectivity index (χ0) is 10.4. The minimum absolute atomic E-state index is 0.518. The molecule has 0 aliphatic rings. The lowest BCUT2D eigenvalue weighted by molar-refractivity contribution is -0.332. The van der Waals surface area contributed by atoms with Gasteiger partial charge in [-0.25, -0.2) is 4.89 Å². The van der Waals surface area contributed by atoms with Crippen molar-refractivity contribution in [3.05, 3.63) is 35.9 Å². The lowest BCUT2D eigenvalue weighted by atomic mass is 9.87. The van der Waals surface area contributed by atoms with Gasteiger partial charge in [0.1, 0.15) is 5.60 Å². The molecule has 0 saturated heterocycles. The molecule has 14 heavy (non-hydrogen) atoms. The Morgan fingerprint density at radius 3 is 2.29 bits per heavy atom. The van der Waals surface area contributed by atoms with Crippen molar-refractivity contribution in [3.8, 4) is 0 Å². The van der Waals surface area contributed by atoms with Crippen molar-refractivity contribution in [1.82, 2.24) is 0 Å². The van der Waals surface area contributed by atoms with E-state index in [0.717, 1.165) is 24.8 Å². The first-order valence-electron chi connectivity index (χ1n) is 5.17. The third-order valence-electron chi connectivity index (χ3n) is 2.70. The van der Waals surface area contributed by atoms with E-state index in [9.17, 15) is 0 Å². The van der Waals surface area contributed by atoms with Crippen LogP contribution in [0, 0.1) is 0 Å². The van der Waals surface area contributed by atoms with Gasteiger partial charge in [-0.05, 0) is 18.4 Å². The fraction of sp³-hybridized carbons (Fsp3) is 0.500. The van der Waals surface area contributed by atoms with Crippen LogP contribution in [0.25, 0.3) is 0 Å². The molecule has 1 aromatic rings. The molecule has 1 unspecified atom stereocenters. The van der Waals surface area contributed by atoms with Crippen molar-refractivity contribution in [2.24, 2.45) is 0 Å². The molecule has 1 rings (SSSR count). The van der Waals surface area contributed by atoms with Gasteiger partial charge in [-0.1, -0.05) is 50.6 Å². The Morgan fingerprint density at radius 1 is 1.21 bits per heavy atom. The summed E-state index contributed by atoms with van der Waals surface area (Å²) >= 11 is 0. The first kappa shape index (κ1) is 11.2. The van der Waals surface area contributed by atoms with Crippen molar-refractivity contribution in [2.75, 3.05) is 0 Å². The predicted molar refractivity (Wildman–Crippen MR) is 57.0 cm³/mol. The molecule has 78 valence electrons. The van der Waals surface area contributed by atoms with Gasteiger partial charge in [-0.15, -0.1) is 0 Å². The molecule has 0 heterocycles. The summed E-state index contributed by atoms with van der Waals surface area (Å²) in [5.41, 5.74) is 0.530. The fourth-order valence-electron chi connectivity index (χ4n) is 1.83. The summed E-state index contributed by atoms with van der Waals surface area (Å²) in [7, 11) is 0. The second-order valence-electron chi connectivity index (χ2n) is 3.56. The second kappa shape index (κ2) is 5.13. The van der Waals surface area contributed by atoms with Crippen LogP contribution in [0.1, 0.15) is 38.7 Å². The summed E-state index contributed by atoms with van der Waals surface area (Å²) < 4.78 is 0. The highest BCUT2D eigenvalue weighted by molar-refractivity contribution is 5.22. The van der Waals surface area contributed by atoms with Crippen LogP contribution in [0.5, 0.6) is 0 Å². The van der Waals surface area contributed by atoms with Gasteiger partial charge in [-0.2, -0.15) is 0 Å². The maximum absolute atomic E-state index is 9.06. The molecule has 2 heteroatoms. The third-order valence-corrected chi connectivity index (χ3v) is 2.70. The zero-order valence-electron chi connectivity index (χ0n) is 8.86. The highest BCUT2D eigenvalue weighted by Crippen LogP contribution is 2.33. The highest BCUT2D eigenvalue weighted by atomic mass is 17.1. The molecule has 0 radical (unpaired) electrons. The fourth-order valence-corrected chi connectivity index (χ4v) is 1.83. The van der Waals surface area contributed by atoms with Gasteiger partial charge in [0.05, 0.1) is 0 Å². The van der Waals surface area contributed by atoms with E-state index in [4.69, 9.17) is 10.1 Å². The van der Waals surface area contributed by atoms with Gasteiger partial charge in [0.15, 0.2) is 0 Å². The third kappa shape index (κ3) is 2.14. The van der Waals surface area contributed by atoms with Crippen molar-refractivity contribution < 1.29 is 10.1 Å². The van der Waals surface area contributed by atoms with E-state index < -0.39 is 5.60 Å². The van der Waals surface area contributed by atoms with E-state index in [0.29, 0.717) is 0 Å². The Bertz CT molecular complexity index is 252.